The number of likely N-dealkylation sites (N-methyl/N-ethyl adjacent to an activating group) is 1. The maximum Gasteiger partial charge on any atom is 0.253 e. The lowest BCUT2D eigenvalue weighted by Gasteiger charge is -2.36. The quantitative estimate of drug-likeness (QED) is 0.815. The minimum atomic E-state index is -0.895. The van der Waals surface area contributed by atoms with Gasteiger partial charge in [-0.2, -0.15) is 0 Å². The van der Waals surface area contributed by atoms with Crippen molar-refractivity contribution in [1.82, 2.24) is 4.90 Å². The van der Waals surface area contributed by atoms with Crippen molar-refractivity contribution in [2.45, 2.75) is 38.3 Å². The van der Waals surface area contributed by atoms with Crippen LogP contribution < -0.4 is 10.2 Å². The fourth-order valence-corrected chi connectivity index (χ4v) is 6.75. The van der Waals surface area contributed by atoms with Gasteiger partial charge in [0.15, 0.2) is 0 Å². The van der Waals surface area contributed by atoms with Crippen LogP contribution in [0.15, 0.2) is 48.5 Å². The number of nitrogens with one attached hydrogen (secondary N) is 1. The van der Waals surface area contributed by atoms with Gasteiger partial charge in [0.2, 0.25) is 5.91 Å². The third-order valence-corrected chi connectivity index (χ3v) is 7.97. The van der Waals surface area contributed by atoms with Gasteiger partial charge in [-0.15, -0.1) is 11.8 Å². The highest BCUT2D eigenvalue weighted by Crippen LogP contribution is 2.57. The predicted octanol–water partition coefficient (Wildman–Crippen LogP) is 3.84. The number of carbonyl (C=O) groups is 2. The minimum absolute atomic E-state index is 0.0534. The molecule has 0 aliphatic carbocycles. The molecule has 1 N–H and O–H groups in total. The highest BCUT2D eigenvalue weighted by molar-refractivity contribution is 7.99. The minimum Gasteiger partial charge on any atom is -0.326 e. The molecule has 5 rings (SSSR count). The zero-order valence-electron chi connectivity index (χ0n) is 17.4. The van der Waals surface area contributed by atoms with E-state index in [-0.39, 0.29) is 17.9 Å². The maximum absolute atomic E-state index is 13.9. The summed E-state index contributed by atoms with van der Waals surface area (Å²) in [5.41, 5.74) is 3.08. The number of carbonyl (C=O) groups excluding carboxylic acids is 2. The van der Waals surface area contributed by atoms with Crippen LogP contribution in [0.2, 0.25) is 0 Å². The second-order valence-corrected chi connectivity index (χ2v) is 9.28. The predicted molar refractivity (Wildman–Crippen MR) is 122 cm³/mol. The molecular weight excluding hydrogens is 394 g/mol. The van der Waals surface area contributed by atoms with Crippen molar-refractivity contribution in [3.05, 3.63) is 59.7 Å². The van der Waals surface area contributed by atoms with E-state index in [1.165, 1.54) is 5.56 Å². The molecule has 156 valence electrons. The first-order chi connectivity index (χ1) is 14.6. The lowest BCUT2D eigenvalue weighted by Crippen LogP contribution is -2.55. The van der Waals surface area contributed by atoms with Gasteiger partial charge in [-0.25, -0.2) is 0 Å². The summed E-state index contributed by atoms with van der Waals surface area (Å²) in [5.74, 6) is 1.35. The fourth-order valence-electron chi connectivity index (χ4n) is 5.45. The fraction of sp³-hybridized carbons (Fsp3) is 0.417. The molecule has 2 aromatic rings. The Bertz CT molecular complexity index is 992. The van der Waals surface area contributed by atoms with E-state index in [0.29, 0.717) is 13.0 Å². The number of aryl methyl sites for hydroxylation is 1. The Kier molecular flexibility index (Phi) is 4.86. The van der Waals surface area contributed by atoms with Crippen LogP contribution >= 0.6 is 11.8 Å². The average molecular weight is 422 g/mol. The van der Waals surface area contributed by atoms with Crippen LogP contribution in [0.1, 0.15) is 31.4 Å². The Labute approximate surface area is 181 Å². The lowest BCUT2D eigenvalue weighted by molar-refractivity contribution is -0.136. The topological polar surface area (TPSA) is 52.7 Å². The van der Waals surface area contributed by atoms with Crippen LogP contribution in [-0.4, -0.2) is 40.9 Å². The number of fused-ring (bicyclic) bond motifs is 4. The first-order valence-corrected chi connectivity index (χ1v) is 11.9. The second kappa shape index (κ2) is 7.43. The molecule has 3 unspecified atom stereocenters. The summed E-state index contributed by atoms with van der Waals surface area (Å²) in [5, 5.41) is 3.12. The number of rotatable bonds is 4. The molecule has 0 aromatic heterocycles. The summed E-state index contributed by atoms with van der Waals surface area (Å²) >= 11 is 1.86. The Morgan fingerprint density at radius 2 is 1.93 bits per heavy atom. The van der Waals surface area contributed by atoms with Crippen LogP contribution in [0.3, 0.4) is 0 Å². The van der Waals surface area contributed by atoms with Gasteiger partial charge >= 0.3 is 0 Å². The van der Waals surface area contributed by atoms with Crippen molar-refractivity contribution in [2.24, 2.45) is 5.92 Å². The molecule has 1 spiro atoms. The Morgan fingerprint density at radius 3 is 2.67 bits per heavy atom. The highest BCUT2D eigenvalue weighted by atomic mass is 32.2. The number of anilines is 2. The van der Waals surface area contributed by atoms with E-state index in [2.05, 4.69) is 17.1 Å². The molecule has 6 heteroatoms. The van der Waals surface area contributed by atoms with Crippen LogP contribution in [0, 0.1) is 5.92 Å². The zero-order valence-corrected chi connectivity index (χ0v) is 18.2. The molecule has 3 aliphatic rings. The van der Waals surface area contributed by atoms with Gasteiger partial charge in [0.1, 0.15) is 5.54 Å². The second-order valence-electron chi connectivity index (χ2n) is 8.28. The molecule has 2 fully saturated rings. The van der Waals surface area contributed by atoms with Gasteiger partial charge in [0, 0.05) is 41.2 Å². The van der Waals surface area contributed by atoms with Crippen molar-refractivity contribution < 1.29 is 9.59 Å². The highest BCUT2D eigenvalue weighted by Gasteiger charge is 2.67. The van der Waals surface area contributed by atoms with Gasteiger partial charge in [0.05, 0.1) is 5.92 Å². The molecule has 2 aromatic carbocycles. The van der Waals surface area contributed by atoms with Crippen LogP contribution in [-0.2, 0) is 21.5 Å². The molecule has 3 aliphatic heterocycles. The van der Waals surface area contributed by atoms with Gasteiger partial charge in [-0.05, 0) is 43.5 Å². The molecule has 3 atom stereocenters. The SMILES string of the molecule is CCc1ccc(NC(=O)C2CC3CSCN3C23C(=O)N(CC)c2ccccc23)cc1. The molecule has 30 heavy (non-hydrogen) atoms. The maximum atomic E-state index is 13.9. The number of thioether (sulfide) groups is 1. The molecule has 3 heterocycles. The van der Waals surface area contributed by atoms with E-state index < -0.39 is 11.5 Å². The van der Waals surface area contributed by atoms with Crippen molar-refractivity contribution in [2.75, 3.05) is 28.4 Å². The van der Waals surface area contributed by atoms with Crippen molar-refractivity contribution in [3.8, 4) is 0 Å². The standard InChI is InChI=1S/C24H27N3O2S/c1-3-16-9-11-17(12-10-16)25-22(28)20-13-18-14-30-15-27(18)24(20)19-7-5-6-8-21(19)26(4-2)23(24)29/h5-12,18,20H,3-4,13-15H2,1-2H3,(H,25,28). The molecule has 2 amide bonds. The average Bonchev–Trinajstić information content (AvgIpc) is 3.42. The Morgan fingerprint density at radius 1 is 1.17 bits per heavy atom. The van der Waals surface area contributed by atoms with Crippen molar-refractivity contribution >= 4 is 35.0 Å². The largest absolute Gasteiger partial charge is 0.326 e. The Balaban J connectivity index is 1.56. The van der Waals surface area contributed by atoms with E-state index in [4.69, 9.17) is 0 Å². The molecular formula is C24H27N3O2S. The summed E-state index contributed by atoms with van der Waals surface area (Å²) in [6.45, 7) is 4.73. The van der Waals surface area contributed by atoms with Crippen LogP contribution in [0.4, 0.5) is 11.4 Å². The van der Waals surface area contributed by atoms with E-state index in [1.54, 1.807) is 0 Å². The number of para-hydroxylation sites is 1. The zero-order chi connectivity index (χ0) is 20.9. The monoisotopic (exact) mass is 421 g/mol. The van der Waals surface area contributed by atoms with E-state index >= 15 is 0 Å². The van der Waals surface area contributed by atoms with E-state index in [1.807, 2.05) is 72.1 Å². The normalized spacial score (nSPS) is 27.5. The smallest absolute Gasteiger partial charge is 0.253 e. The Hall–Kier alpha value is -2.31. The van der Waals surface area contributed by atoms with Gasteiger partial charge < -0.3 is 10.2 Å². The summed E-state index contributed by atoms with van der Waals surface area (Å²) < 4.78 is 0. The molecule has 0 bridgehead atoms. The number of nitrogens with zero attached hydrogens (tertiary/aromatic N) is 2. The summed E-state index contributed by atoms with van der Waals surface area (Å²) in [4.78, 5) is 31.7. The molecule has 0 radical (unpaired) electrons. The summed E-state index contributed by atoms with van der Waals surface area (Å²) in [6, 6.07) is 16.3. The molecule has 5 nitrogen and oxygen atoms in total. The van der Waals surface area contributed by atoms with Gasteiger partial charge in [0.25, 0.3) is 5.91 Å². The van der Waals surface area contributed by atoms with Gasteiger partial charge in [-0.1, -0.05) is 37.3 Å². The number of hydrogen-bond donors (Lipinski definition) is 1. The lowest BCUT2D eigenvalue weighted by atomic mass is 9.78. The number of benzene rings is 2. The first kappa shape index (κ1) is 19.6. The van der Waals surface area contributed by atoms with Crippen molar-refractivity contribution in [3.63, 3.8) is 0 Å². The first-order valence-electron chi connectivity index (χ1n) is 10.8. The van der Waals surface area contributed by atoms with Crippen LogP contribution in [0.5, 0.6) is 0 Å². The van der Waals surface area contributed by atoms with E-state index in [9.17, 15) is 9.59 Å². The molecule has 2 saturated heterocycles. The van der Waals surface area contributed by atoms with Gasteiger partial charge in [-0.3, -0.25) is 14.5 Å². The molecule has 0 saturated carbocycles. The van der Waals surface area contributed by atoms with Crippen LogP contribution in [0.25, 0.3) is 0 Å². The third-order valence-electron chi connectivity index (χ3n) is 6.89. The van der Waals surface area contributed by atoms with E-state index in [0.717, 1.165) is 35.0 Å². The van der Waals surface area contributed by atoms with Crippen molar-refractivity contribution in [1.29, 1.82) is 0 Å². The summed E-state index contributed by atoms with van der Waals surface area (Å²) in [7, 11) is 0. The number of amides is 2. The third kappa shape index (κ3) is 2.66. The number of hydrogen-bond acceptors (Lipinski definition) is 4. The summed E-state index contributed by atoms with van der Waals surface area (Å²) in [6.07, 6.45) is 1.68.